The predicted molar refractivity (Wildman–Crippen MR) is 52.3 cm³/mol. The van der Waals surface area contributed by atoms with E-state index in [0.29, 0.717) is 5.69 Å². The second-order valence-electron chi connectivity index (χ2n) is 3.45. The minimum absolute atomic E-state index is 0.0810. The fraction of sp³-hybridized carbons (Fsp3) is 0.300. The molecule has 78 valence electrons. The summed E-state index contributed by atoms with van der Waals surface area (Å²) >= 11 is 0. The average molecular weight is 206 g/mol. The number of aromatic nitrogens is 1. The number of carboxylic acids is 1. The van der Waals surface area contributed by atoms with Gasteiger partial charge in [-0.1, -0.05) is 0 Å². The first-order valence-corrected chi connectivity index (χ1v) is 4.61. The van der Waals surface area contributed by atoms with Gasteiger partial charge in [-0.3, -0.25) is 14.6 Å². The standard InChI is InChI=1S/C10H10N2O3/c13-9-5-7(10(14)15)6-12(9)8-1-3-11-4-2-8/h1-4,7H,5-6H2,(H,14,15). The summed E-state index contributed by atoms with van der Waals surface area (Å²) in [7, 11) is 0. The molecular weight excluding hydrogens is 196 g/mol. The summed E-state index contributed by atoms with van der Waals surface area (Å²) in [4.78, 5) is 27.6. The van der Waals surface area contributed by atoms with Gasteiger partial charge in [0.25, 0.3) is 0 Å². The zero-order chi connectivity index (χ0) is 10.8. The summed E-state index contributed by atoms with van der Waals surface area (Å²) in [5.74, 6) is -1.65. The van der Waals surface area contributed by atoms with E-state index in [4.69, 9.17) is 5.11 Å². The Balaban J connectivity index is 2.19. The van der Waals surface area contributed by atoms with Crippen LogP contribution >= 0.6 is 0 Å². The van der Waals surface area contributed by atoms with Crippen LogP contribution in [0.3, 0.4) is 0 Å². The zero-order valence-electron chi connectivity index (χ0n) is 7.96. The second-order valence-corrected chi connectivity index (χ2v) is 3.45. The van der Waals surface area contributed by atoms with E-state index in [1.54, 1.807) is 24.5 Å². The summed E-state index contributed by atoms with van der Waals surface area (Å²) in [6.45, 7) is 0.248. The highest BCUT2D eigenvalue weighted by molar-refractivity contribution is 5.99. The Morgan fingerprint density at radius 3 is 2.67 bits per heavy atom. The molecule has 0 bridgehead atoms. The van der Waals surface area contributed by atoms with E-state index < -0.39 is 11.9 Å². The number of pyridine rings is 1. The molecule has 0 saturated carbocycles. The van der Waals surface area contributed by atoms with Gasteiger partial charge >= 0.3 is 5.97 Å². The molecule has 5 heteroatoms. The van der Waals surface area contributed by atoms with Gasteiger partial charge in [0.2, 0.25) is 5.91 Å². The lowest BCUT2D eigenvalue weighted by Crippen LogP contribution is -2.25. The van der Waals surface area contributed by atoms with E-state index in [2.05, 4.69) is 4.98 Å². The fourth-order valence-corrected chi connectivity index (χ4v) is 1.65. The molecule has 0 aromatic carbocycles. The molecule has 1 fully saturated rings. The number of hydrogen-bond acceptors (Lipinski definition) is 3. The Hall–Kier alpha value is -1.91. The molecule has 0 aliphatic carbocycles. The maximum Gasteiger partial charge on any atom is 0.308 e. The van der Waals surface area contributed by atoms with Gasteiger partial charge in [-0.15, -0.1) is 0 Å². The number of rotatable bonds is 2. The quantitative estimate of drug-likeness (QED) is 0.765. The van der Waals surface area contributed by atoms with Crippen LogP contribution in [-0.4, -0.2) is 28.5 Å². The van der Waals surface area contributed by atoms with Crippen LogP contribution in [0.5, 0.6) is 0 Å². The number of carbonyl (C=O) groups excluding carboxylic acids is 1. The number of anilines is 1. The lowest BCUT2D eigenvalue weighted by Gasteiger charge is -2.15. The monoisotopic (exact) mass is 206 g/mol. The highest BCUT2D eigenvalue weighted by atomic mass is 16.4. The first kappa shape index (κ1) is 9.64. The van der Waals surface area contributed by atoms with Crippen molar-refractivity contribution in [2.45, 2.75) is 6.42 Å². The number of aliphatic carboxylic acids is 1. The molecule has 1 aliphatic rings. The highest BCUT2D eigenvalue weighted by Gasteiger charge is 2.34. The number of carboxylic acid groups (broad SMARTS) is 1. The van der Waals surface area contributed by atoms with Crippen molar-refractivity contribution in [3.05, 3.63) is 24.5 Å². The van der Waals surface area contributed by atoms with Crippen molar-refractivity contribution in [1.29, 1.82) is 0 Å². The predicted octanol–water partition coefficient (Wildman–Crippen LogP) is 0.519. The van der Waals surface area contributed by atoms with E-state index in [-0.39, 0.29) is 18.9 Å². The number of hydrogen-bond donors (Lipinski definition) is 1. The normalized spacial score (nSPS) is 20.7. The summed E-state index contributed by atoms with van der Waals surface area (Å²) in [5, 5.41) is 8.80. The Labute approximate surface area is 86.3 Å². The van der Waals surface area contributed by atoms with Crippen molar-refractivity contribution in [2.24, 2.45) is 5.92 Å². The third-order valence-electron chi connectivity index (χ3n) is 2.45. The lowest BCUT2D eigenvalue weighted by molar-refractivity contribution is -0.141. The summed E-state index contributed by atoms with van der Waals surface area (Å²) in [6, 6.07) is 3.39. The van der Waals surface area contributed by atoms with Crippen LogP contribution in [0.4, 0.5) is 5.69 Å². The average Bonchev–Trinajstić information content (AvgIpc) is 2.62. The second kappa shape index (κ2) is 3.68. The smallest absolute Gasteiger partial charge is 0.308 e. The van der Waals surface area contributed by atoms with Crippen molar-refractivity contribution < 1.29 is 14.7 Å². The SMILES string of the molecule is O=C(O)C1CC(=O)N(c2ccncc2)C1. The number of nitrogens with zero attached hydrogens (tertiary/aromatic N) is 2. The van der Waals surface area contributed by atoms with Crippen LogP contribution in [-0.2, 0) is 9.59 Å². The van der Waals surface area contributed by atoms with Gasteiger partial charge in [-0.25, -0.2) is 0 Å². The van der Waals surface area contributed by atoms with Gasteiger partial charge in [0.1, 0.15) is 0 Å². The Morgan fingerprint density at radius 1 is 1.47 bits per heavy atom. The summed E-state index contributed by atoms with van der Waals surface area (Å²) < 4.78 is 0. The van der Waals surface area contributed by atoms with Crippen molar-refractivity contribution in [2.75, 3.05) is 11.4 Å². The van der Waals surface area contributed by atoms with Crippen LogP contribution in [0.25, 0.3) is 0 Å². The van der Waals surface area contributed by atoms with Gasteiger partial charge in [-0.05, 0) is 12.1 Å². The number of carbonyl (C=O) groups is 2. The van der Waals surface area contributed by atoms with Gasteiger partial charge in [0.05, 0.1) is 5.92 Å². The molecule has 15 heavy (non-hydrogen) atoms. The number of amides is 1. The Bertz CT molecular complexity index is 391. The van der Waals surface area contributed by atoms with Crippen molar-refractivity contribution in [3.8, 4) is 0 Å². The van der Waals surface area contributed by atoms with Gasteiger partial charge in [0, 0.05) is 31.0 Å². The zero-order valence-corrected chi connectivity index (χ0v) is 7.96. The Morgan fingerprint density at radius 2 is 2.13 bits per heavy atom. The van der Waals surface area contributed by atoms with Gasteiger partial charge < -0.3 is 10.0 Å². The molecule has 1 aromatic heterocycles. The molecule has 1 amide bonds. The molecule has 1 saturated heterocycles. The first-order chi connectivity index (χ1) is 7.18. The van der Waals surface area contributed by atoms with E-state index >= 15 is 0 Å². The third-order valence-corrected chi connectivity index (χ3v) is 2.45. The highest BCUT2D eigenvalue weighted by Crippen LogP contribution is 2.24. The molecule has 1 atom stereocenters. The molecule has 1 N–H and O–H groups in total. The van der Waals surface area contributed by atoms with Crippen LogP contribution in [0.1, 0.15) is 6.42 Å². The van der Waals surface area contributed by atoms with Gasteiger partial charge in [-0.2, -0.15) is 0 Å². The molecule has 2 rings (SSSR count). The third kappa shape index (κ3) is 1.81. The molecule has 1 aliphatic heterocycles. The minimum Gasteiger partial charge on any atom is -0.481 e. The minimum atomic E-state index is -0.917. The van der Waals surface area contributed by atoms with Crippen LogP contribution < -0.4 is 4.90 Å². The molecule has 0 spiro atoms. The molecule has 1 unspecified atom stereocenters. The van der Waals surface area contributed by atoms with E-state index in [0.717, 1.165) is 0 Å². The fourth-order valence-electron chi connectivity index (χ4n) is 1.65. The molecule has 2 heterocycles. The summed E-state index contributed by atoms with van der Waals surface area (Å²) in [6.07, 6.45) is 3.24. The van der Waals surface area contributed by atoms with Crippen molar-refractivity contribution in [1.82, 2.24) is 4.98 Å². The van der Waals surface area contributed by atoms with E-state index in [1.165, 1.54) is 4.90 Å². The van der Waals surface area contributed by atoms with Crippen molar-refractivity contribution >= 4 is 17.6 Å². The molecular formula is C10H10N2O3. The lowest BCUT2D eigenvalue weighted by atomic mass is 10.1. The maximum absolute atomic E-state index is 11.5. The van der Waals surface area contributed by atoms with E-state index in [9.17, 15) is 9.59 Å². The first-order valence-electron chi connectivity index (χ1n) is 4.61. The van der Waals surface area contributed by atoms with E-state index in [1.807, 2.05) is 0 Å². The largest absolute Gasteiger partial charge is 0.481 e. The maximum atomic E-state index is 11.5. The van der Waals surface area contributed by atoms with Crippen LogP contribution in [0, 0.1) is 5.92 Å². The molecule has 0 radical (unpaired) electrons. The Kier molecular flexibility index (Phi) is 2.37. The van der Waals surface area contributed by atoms with Crippen LogP contribution in [0.15, 0.2) is 24.5 Å². The molecule has 1 aromatic rings. The topological polar surface area (TPSA) is 70.5 Å². The van der Waals surface area contributed by atoms with Crippen LogP contribution in [0.2, 0.25) is 0 Å². The van der Waals surface area contributed by atoms with Gasteiger partial charge in [0.15, 0.2) is 0 Å². The summed E-state index contributed by atoms with van der Waals surface area (Å²) in [5.41, 5.74) is 0.707. The van der Waals surface area contributed by atoms with Crippen molar-refractivity contribution in [3.63, 3.8) is 0 Å². The molecule has 5 nitrogen and oxygen atoms in total.